The SMILES string of the molecule is CC1(N(c2ccccc2)c2ccccc2-c2ccc3c(c2)-c2ccccc2C32C3CC4CC(C3)CC2C4)c2ccccc2-c2cc3ccccc3cc21. The Labute approximate surface area is 313 Å². The van der Waals surface area contributed by atoms with Crippen LogP contribution in [0, 0.1) is 23.7 Å². The van der Waals surface area contributed by atoms with Gasteiger partial charge in [0.15, 0.2) is 0 Å². The fraction of sp³-hybridized carbons (Fsp3) is 0.231. The maximum Gasteiger partial charge on any atom is 0.0939 e. The molecule has 0 heterocycles. The Morgan fingerprint density at radius 1 is 0.434 bits per heavy atom. The van der Waals surface area contributed by atoms with Gasteiger partial charge in [0, 0.05) is 16.7 Å². The van der Waals surface area contributed by atoms with E-state index in [-0.39, 0.29) is 5.41 Å². The minimum Gasteiger partial charge on any atom is -0.327 e. The molecule has 53 heavy (non-hydrogen) atoms. The Hall–Kier alpha value is -5.40. The molecule has 1 unspecified atom stereocenters. The first-order valence-electron chi connectivity index (χ1n) is 19.9. The van der Waals surface area contributed by atoms with Crippen LogP contribution in [-0.4, -0.2) is 0 Å². The van der Waals surface area contributed by atoms with Crippen molar-refractivity contribution in [2.45, 2.75) is 50.0 Å². The van der Waals surface area contributed by atoms with Crippen LogP contribution in [0.15, 0.2) is 158 Å². The number of fused-ring (bicyclic) bond motifs is 7. The van der Waals surface area contributed by atoms with Crippen molar-refractivity contribution < 1.29 is 0 Å². The zero-order valence-corrected chi connectivity index (χ0v) is 30.3. The van der Waals surface area contributed by atoms with Crippen LogP contribution in [-0.2, 0) is 11.0 Å². The lowest BCUT2D eigenvalue weighted by Crippen LogP contribution is -2.55. The molecule has 0 aromatic heterocycles. The number of hydrogen-bond donors (Lipinski definition) is 0. The summed E-state index contributed by atoms with van der Waals surface area (Å²) >= 11 is 0. The number of para-hydroxylation sites is 2. The summed E-state index contributed by atoms with van der Waals surface area (Å²) in [6, 6.07) is 60.2. The van der Waals surface area contributed by atoms with Crippen molar-refractivity contribution in [3.8, 4) is 33.4 Å². The maximum absolute atomic E-state index is 2.64. The van der Waals surface area contributed by atoms with E-state index < -0.39 is 5.54 Å². The van der Waals surface area contributed by atoms with Crippen molar-refractivity contribution in [2.24, 2.45) is 23.7 Å². The molecule has 1 heteroatoms. The van der Waals surface area contributed by atoms with Crippen molar-refractivity contribution in [3.05, 3.63) is 180 Å². The molecule has 4 saturated carbocycles. The fourth-order valence-electron chi connectivity index (χ4n) is 12.8. The first-order chi connectivity index (χ1) is 26.1. The van der Waals surface area contributed by atoms with Crippen LogP contribution >= 0.6 is 0 Å². The van der Waals surface area contributed by atoms with Gasteiger partial charge in [-0.1, -0.05) is 121 Å². The number of benzene rings is 7. The van der Waals surface area contributed by atoms with Crippen LogP contribution in [0.3, 0.4) is 0 Å². The van der Waals surface area contributed by atoms with Gasteiger partial charge < -0.3 is 4.90 Å². The normalized spacial score (nSPS) is 26.7. The number of anilines is 2. The minimum atomic E-state index is -0.457. The van der Waals surface area contributed by atoms with E-state index in [0.29, 0.717) is 0 Å². The van der Waals surface area contributed by atoms with E-state index in [9.17, 15) is 0 Å². The molecule has 0 aliphatic heterocycles. The Balaban J connectivity index is 1.08. The second-order valence-electron chi connectivity index (χ2n) is 17.0. The van der Waals surface area contributed by atoms with Crippen molar-refractivity contribution in [3.63, 3.8) is 0 Å². The van der Waals surface area contributed by atoms with E-state index in [4.69, 9.17) is 0 Å². The summed E-state index contributed by atoms with van der Waals surface area (Å²) in [5.74, 6) is 3.43. The van der Waals surface area contributed by atoms with Gasteiger partial charge in [-0.25, -0.2) is 0 Å². The monoisotopic (exact) mass is 681 g/mol. The van der Waals surface area contributed by atoms with Crippen LogP contribution in [0.1, 0.15) is 61.3 Å². The molecule has 0 saturated heterocycles. The van der Waals surface area contributed by atoms with Crippen molar-refractivity contribution >= 4 is 22.1 Å². The van der Waals surface area contributed by atoms with Crippen LogP contribution in [0.4, 0.5) is 11.4 Å². The van der Waals surface area contributed by atoms with Gasteiger partial charge in [-0.15, -0.1) is 0 Å². The predicted octanol–water partition coefficient (Wildman–Crippen LogP) is 13.3. The lowest BCUT2D eigenvalue weighted by Gasteiger charge is -2.61. The van der Waals surface area contributed by atoms with E-state index in [1.165, 1.54) is 98.8 Å². The Kier molecular flexibility index (Phi) is 6.15. The highest BCUT2D eigenvalue weighted by Gasteiger charge is 2.61. The number of rotatable bonds is 4. The summed E-state index contributed by atoms with van der Waals surface area (Å²) in [5, 5.41) is 2.56. The summed E-state index contributed by atoms with van der Waals surface area (Å²) in [4.78, 5) is 2.64. The Bertz CT molecular complexity index is 2590. The summed E-state index contributed by atoms with van der Waals surface area (Å²) < 4.78 is 0. The molecule has 4 fully saturated rings. The molecule has 7 aromatic carbocycles. The molecule has 6 aliphatic carbocycles. The molecule has 6 aliphatic rings. The first kappa shape index (κ1) is 30.1. The first-order valence-corrected chi connectivity index (χ1v) is 19.9. The van der Waals surface area contributed by atoms with Gasteiger partial charge in [0.25, 0.3) is 0 Å². The molecule has 1 nitrogen and oxygen atoms in total. The molecule has 256 valence electrons. The predicted molar refractivity (Wildman–Crippen MR) is 220 cm³/mol. The van der Waals surface area contributed by atoms with Crippen molar-refractivity contribution in [2.75, 3.05) is 4.90 Å². The van der Waals surface area contributed by atoms with Gasteiger partial charge in [0.1, 0.15) is 0 Å². The second kappa shape index (κ2) is 10.8. The van der Waals surface area contributed by atoms with E-state index >= 15 is 0 Å². The molecule has 1 spiro atoms. The van der Waals surface area contributed by atoms with Crippen LogP contribution in [0.5, 0.6) is 0 Å². The molecule has 0 amide bonds. The van der Waals surface area contributed by atoms with Crippen molar-refractivity contribution in [1.82, 2.24) is 0 Å². The zero-order chi connectivity index (χ0) is 34.9. The summed E-state index contributed by atoms with van der Waals surface area (Å²) in [6.45, 7) is 2.45. The average Bonchev–Trinajstić information content (AvgIpc) is 3.63. The molecule has 4 bridgehead atoms. The van der Waals surface area contributed by atoms with E-state index in [2.05, 4.69) is 170 Å². The molecular formula is C52H43N. The third kappa shape index (κ3) is 3.93. The highest BCUT2D eigenvalue weighted by Crippen LogP contribution is 2.69. The van der Waals surface area contributed by atoms with Gasteiger partial charge in [-0.2, -0.15) is 0 Å². The highest BCUT2D eigenvalue weighted by atomic mass is 15.2. The second-order valence-corrected chi connectivity index (χ2v) is 17.0. The lowest BCUT2D eigenvalue weighted by molar-refractivity contribution is -0.0399. The van der Waals surface area contributed by atoms with Gasteiger partial charge in [0.2, 0.25) is 0 Å². The molecule has 1 atom stereocenters. The number of hydrogen-bond acceptors (Lipinski definition) is 1. The molecule has 0 radical (unpaired) electrons. The summed E-state index contributed by atoms with van der Waals surface area (Å²) in [6.07, 6.45) is 7.13. The third-order valence-corrected chi connectivity index (χ3v) is 14.6. The number of nitrogens with zero attached hydrogens (tertiary/aromatic N) is 1. The Morgan fingerprint density at radius 2 is 0.981 bits per heavy atom. The van der Waals surface area contributed by atoms with E-state index in [1.54, 1.807) is 11.1 Å². The summed E-state index contributed by atoms with van der Waals surface area (Å²) in [7, 11) is 0. The third-order valence-electron chi connectivity index (χ3n) is 14.6. The molecule has 7 aromatic rings. The average molecular weight is 682 g/mol. The quantitative estimate of drug-likeness (QED) is 0.179. The van der Waals surface area contributed by atoms with Crippen LogP contribution in [0.25, 0.3) is 44.2 Å². The Morgan fingerprint density at radius 3 is 1.72 bits per heavy atom. The molecule has 0 N–H and O–H groups in total. The standard InChI is InChI=1S/C52H43N/c1-51(46-20-10-7-18-42(46)45-30-35-13-5-6-14-36(35)32-49(45)51)53(40-15-3-2-4-16-40)50-22-12-9-17-41(50)37-23-24-48-44(31-37)43-19-8-11-21-47(43)52(48)38-26-33-25-34(28-38)29-39(52)27-33/h2-24,30-34,38-39H,25-29H2,1H3. The van der Waals surface area contributed by atoms with E-state index in [1.807, 2.05) is 0 Å². The van der Waals surface area contributed by atoms with Crippen LogP contribution in [0.2, 0.25) is 0 Å². The van der Waals surface area contributed by atoms with E-state index in [0.717, 1.165) is 23.7 Å². The highest BCUT2D eigenvalue weighted by molar-refractivity contribution is 5.97. The van der Waals surface area contributed by atoms with Gasteiger partial charge in [0.05, 0.1) is 11.2 Å². The molecular weight excluding hydrogens is 639 g/mol. The zero-order valence-electron chi connectivity index (χ0n) is 30.3. The molecule has 13 rings (SSSR count). The smallest absolute Gasteiger partial charge is 0.0939 e. The fourth-order valence-corrected chi connectivity index (χ4v) is 12.8. The maximum atomic E-state index is 2.64. The van der Waals surface area contributed by atoms with Gasteiger partial charge >= 0.3 is 0 Å². The largest absolute Gasteiger partial charge is 0.327 e. The lowest BCUT2D eigenvalue weighted by atomic mass is 9.43. The minimum absolute atomic E-state index is 0.182. The van der Waals surface area contributed by atoms with Gasteiger partial charge in [-0.05, 0) is 160 Å². The summed E-state index contributed by atoms with van der Waals surface area (Å²) in [5.41, 5.74) is 16.3. The topological polar surface area (TPSA) is 3.24 Å². The van der Waals surface area contributed by atoms with Gasteiger partial charge in [-0.3, -0.25) is 0 Å². The van der Waals surface area contributed by atoms with Crippen molar-refractivity contribution in [1.29, 1.82) is 0 Å². The van der Waals surface area contributed by atoms with Crippen LogP contribution < -0.4 is 4.90 Å².